The van der Waals surface area contributed by atoms with Gasteiger partial charge in [0.25, 0.3) is 0 Å². The maximum absolute atomic E-state index is 5.71. The zero-order valence-corrected chi connectivity index (χ0v) is 10.2. The molecule has 2 aliphatic heterocycles. The maximum atomic E-state index is 5.71. The number of nitrogens with zero attached hydrogens (tertiary/aromatic N) is 1. The molecule has 0 radical (unpaired) electrons. The molecular formula is C14H20N2O. The van der Waals surface area contributed by atoms with E-state index in [1.807, 2.05) is 0 Å². The van der Waals surface area contributed by atoms with Crippen molar-refractivity contribution in [3.05, 3.63) is 29.8 Å². The highest BCUT2D eigenvalue weighted by Gasteiger charge is 2.23. The van der Waals surface area contributed by atoms with E-state index in [0.29, 0.717) is 5.92 Å². The van der Waals surface area contributed by atoms with Gasteiger partial charge in [-0.05, 0) is 18.1 Å². The van der Waals surface area contributed by atoms with Gasteiger partial charge < -0.3 is 15.0 Å². The molecule has 2 heterocycles. The van der Waals surface area contributed by atoms with E-state index in [9.17, 15) is 0 Å². The van der Waals surface area contributed by atoms with Crippen LogP contribution in [0.4, 0.5) is 0 Å². The van der Waals surface area contributed by atoms with Gasteiger partial charge in [0.15, 0.2) is 0 Å². The van der Waals surface area contributed by atoms with Gasteiger partial charge in [-0.1, -0.05) is 18.2 Å². The van der Waals surface area contributed by atoms with Gasteiger partial charge in [-0.2, -0.15) is 0 Å². The van der Waals surface area contributed by atoms with Gasteiger partial charge in [0.2, 0.25) is 0 Å². The van der Waals surface area contributed by atoms with Crippen molar-refractivity contribution in [3.8, 4) is 5.75 Å². The van der Waals surface area contributed by atoms with Crippen LogP contribution in [0.25, 0.3) is 0 Å². The standard InChI is InChI=1S/C14H20N2O/c1-2-4-14-13(3-1)12(5-10-17-14)11-16-8-6-15-7-9-16/h1-4,12,15H,5-11H2. The molecule has 1 aromatic rings. The molecule has 3 nitrogen and oxygen atoms in total. The molecule has 1 unspecified atom stereocenters. The number of hydrogen-bond donors (Lipinski definition) is 1. The van der Waals surface area contributed by atoms with Crippen LogP contribution in [0, 0.1) is 0 Å². The Hall–Kier alpha value is -1.06. The van der Waals surface area contributed by atoms with Crippen molar-refractivity contribution in [1.29, 1.82) is 0 Å². The maximum Gasteiger partial charge on any atom is 0.122 e. The molecule has 17 heavy (non-hydrogen) atoms. The van der Waals surface area contributed by atoms with Crippen molar-refractivity contribution >= 4 is 0 Å². The Balaban J connectivity index is 1.71. The number of nitrogens with one attached hydrogen (secondary N) is 1. The molecule has 1 N–H and O–H groups in total. The molecule has 92 valence electrons. The van der Waals surface area contributed by atoms with Crippen LogP contribution >= 0.6 is 0 Å². The third-order valence-electron chi connectivity index (χ3n) is 3.77. The Labute approximate surface area is 103 Å². The monoisotopic (exact) mass is 232 g/mol. The highest BCUT2D eigenvalue weighted by molar-refractivity contribution is 5.37. The Kier molecular flexibility index (Phi) is 3.29. The first-order chi connectivity index (χ1) is 8.43. The van der Waals surface area contributed by atoms with Crippen LogP contribution in [-0.2, 0) is 0 Å². The fraction of sp³-hybridized carbons (Fsp3) is 0.571. The fourth-order valence-electron chi connectivity index (χ4n) is 2.81. The summed E-state index contributed by atoms with van der Waals surface area (Å²) in [5.74, 6) is 1.75. The van der Waals surface area contributed by atoms with Crippen molar-refractivity contribution in [2.24, 2.45) is 0 Å². The summed E-state index contributed by atoms with van der Waals surface area (Å²) in [7, 11) is 0. The SMILES string of the molecule is c1ccc2c(c1)OCCC2CN1CCNCC1. The Morgan fingerprint density at radius 3 is 2.94 bits per heavy atom. The number of piperazine rings is 1. The molecule has 3 heteroatoms. The van der Waals surface area contributed by atoms with Gasteiger partial charge in [-0.15, -0.1) is 0 Å². The first kappa shape index (κ1) is 11.1. The topological polar surface area (TPSA) is 24.5 Å². The molecule has 1 fully saturated rings. The molecule has 0 aliphatic carbocycles. The summed E-state index contributed by atoms with van der Waals surface area (Å²) >= 11 is 0. The molecule has 0 saturated carbocycles. The molecule has 0 amide bonds. The van der Waals surface area contributed by atoms with E-state index in [0.717, 1.165) is 31.9 Å². The van der Waals surface area contributed by atoms with Crippen LogP contribution in [0.1, 0.15) is 17.9 Å². The molecule has 0 aromatic heterocycles. The number of fused-ring (bicyclic) bond motifs is 1. The van der Waals surface area contributed by atoms with Crippen LogP contribution in [0.2, 0.25) is 0 Å². The number of rotatable bonds is 2. The quantitative estimate of drug-likeness (QED) is 0.835. The third-order valence-corrected chi connectivity index (χ3v) is 3.77. The average molecular weight is 232 g/mol. The largest absolute Gasteiger partial charge is 0.493 e. The van der Waals surface area contributed by atoms with Gasteiger partial charge in [0.1, 0.15) is 5.75 Å². The lowest BCUT2D eigenvalue weighted by Gasteiger charge is -2.33. The Bertz CT molecular complexity index is 374. The molecule has 1 atom stereocenters. The lowest BCUT2D eigenvalue weighted by molar-refractivity contribution is 0.195. The van der Waals surface area contributed by atoms with Gasteiger partial charge >= 0.3 is 0 Å². The minimum atomic E-state index is 0.651. The molecule has 0 bridgehead atoms. The van der Waals surface area contributed by atoms with Crippen molar-refractivity contribution in [2.75, 3.05) is 39.3 Å². The van der Waals surface area contributed by atoms with Gasteiger partial charge in [-0.3, -0.25) is 0 Å². The smallest absolute Gasteiger partial charge is 0.122 e. The zero-order valence-electron chi connectivity index (χ0n) is 10.2. The molecular weight excluding hydrogens is 212 g/mol. The number of hydrogen-bond acceptors (Lipinski definition) is 3. The first-order valence-corrected chi connectivity index (χ1v) is 6.58. The summed E-state index contributed by atoms with van der Waals surface area (Å²) in [4.78, 5) is 2.57. The van der Waals surface area contributed by atoms with Gasteiger partial charge in [0, 0.05) is 38.6 Å². The lowest BCUT2D eigenvalue weighted by Crippen LogP contribution is -2.45. The normalized spacial score (nSPS) is 25.1. The van der Waals surface area contributed by atoms with E-state index in [4.69, 9.17) is 4.74 Å². The van der Waals surface area contributed by atoms with Crippen molar-refractivity contribution in [2.45, 2.75) is 12.3 Å². The van der Waals surface area contributed by atoms with Crippen LogP contribution in [0.15, 0.2) is 24.3 Å². The van der Waals surface area contributed by atoms with E-state index >= 15 is 0 Å². The van der Waals surface area contributed by atoms with E-state index in [2.05, 4.69) is 34.5 Å². The Morgan fingerprint density at radius 1 is 1.24 bits per heavy atom. The van der Waals surface area contributed by atoms with Gasteiger partial charge in [-0.25, -0.2) is 0 Å². The molecule has 2 aliphatic rings. The molecule has 3 rings (SSSR count). The molecule has 1 saturated heterocycles. The van der Waals surface area contributed by atoms with E-state index in [-0.39, 0.29) is 0 Å². The summed E-state index contributed by atoms with van der Waals surface area (Å²) < 4.78 is 5.71. The second-order valence-corrected chi connectivity index (χ2v) is 4.92. The number of ether oxygens (including phenoxy) is 1. The van der Waals surface area contributed by atoms with Crippen molar-refractivity contribution in [3.63, 3.8) is 0 Å². The fourth-order valence-corrected chi connectivity index (χ4v) is 2.81. The van der Waals surface area contributed by atoms with Crippen molar-refractivity contribution in [1.82, 2.24) is 10.2 Å². The number of para-hydroxylation sites is 1. The minimum Gasteiger partial charge on any atom is -0.493 e. The minimum absolute atomic E-state index is 0.651. The highest BCUT2D eigenvalue weighted by Crippen LogP contribution is 2.33. The second kappa shape index (κ2) is 5.07. The predicted octanol–water partition coefficient (Wildman–Crippen LogP) is 1.46. The Morgan fingerprint density at radius 2 is 2.06 bits per heavy atom. The zero-order chi connectivity index (χ0) is 11.5. The molecule has 1 aromatic carbocycles. The van der Waals surface area contributed by atoms with Crippen LogP contribution in [0.5, 0.6) is 5.75 Å². The second-order valence-electron chi connectivity index (χ2n) is 4.92. The van der Waals surface area contributed by atoms with E-state index < -0.39 is 0 Å². The summed E-state index contributed by atoms with van der Waals surface area (Å²) in [5, 5.41) is 3.40. The van der Waals surface area contributed by atoms with E-state index in [1.54, 1.807) is 0 Å². The number of benzene rings is 1. The average Bonchev–Trinajstić information content (AvgIpc) is 2.40. The van der Waals surface area contributed by atoms with Gasteiger partial charge in [0.05, 0.1) is 6.61 Å². The highest BCUT2D eigenvalue weighted by atomic mass is 16.5. The summed E-state index contributed by atoms with van der Waals surface area (Å²) in [6.45, 7) is 6.67. The predicted molar refractivity (Wildman–Crippen MR) is 68.6 cm³/mol. The summed E-state index contributed by atoms with van der Waals surface area (Å²) in [5.41, 5.74) is 1.40. The first-order valence-electron chi connectivity index (χ1n) is 6.58. The van der Waals surface area contributed by atoms with E-state index in [1.165, 1.54) is 25.2 Å². The van der Waals surface area contributed by atoms with Crippen LogP contribution in [0.3, 0.4) is 0 Å². The summed E-state index contributed by atoms with van der Waals surface area (Å²) in [6.07, 6.45) is 1.15. The molecule has 0 spiro atoms. The van der Waals surface area contributed by atoms with Crippen LogP contribution in [-0.4, -0.2) is 44.2 Å². The summed E-state index contributed by atoms with van der Waals surface area (Å²) in [6, 6.07) is 8.50. The lowest BCUT2D eigenvalue weighted by atomic mass is 9.92. The van der Waals surface area contributed by atoms with Crippen LogP contribution < -0.4 is 10.1 Å². The third kappa shape index (κ3) is 2.45. The van der Waals surface area contributed by atoms with Crippen molar-refractivity contribution < 1.29 is 4.74 Å².